The fourth-order valence-corrected chi connectivity index (χ4v) is 4.46. The molecule has 21 heavy (non-hydrogen) atoms. The average Bonchev–Trinajstić information content (AvgIpc) is 2.84. The maximum Gasteiger partial charge on any atom is 0.208 e. The Bertz CT molecular complexity index is 807. The number of halogens is 1. The van der Waals surface area contributed by atoms with Crippen molar-refractivity contribution < 1.29 is 8.42 Å². The van der Waals surface area contributed by atoms with Crippen molar-refractivity contribution in [3.63, 3.8) is 0 Å². The molecule has 2 fully saturated rings. The molecule has 2 aliphatic rings. The Morgan fingerprint density at radius 1 is 1.38 bits per heavy atom. The van der Waals surface area contributed by atoms with Gasteiger partial charge in [0.15, 0.2) is 0 Å². The van der Waals surface area contributed by atoms with Gasteiger partial charge < -0.3 is 4.90 Å². The van der Waals surface area contributed by atoms with E-state index in [0.29, 0.717) is 16.9 Å². The molecule has 1 aromatic heterocycles. The number of aromatic nitrogens is 2. The maximum atomic E-state index is 11.3. The lowest BCUT2D eigenvalue weighted by molar-refractivity contribution is 0.577. The molecule has 0 radical (unpaired) electrons. The molecular formula is C13H15ClN4O2S. The number of anilines is 1. The lowest BCUT2D eigenvalue weighted by atomic mass is 10.2. The summed E-state index contributed by atoms with van der Waals surface area (Å²) < 4.78 is 25.3. The Hall–Kier alpha value is -1.31. The van der Waals surface area contributed by atoms with Crippen LogP contribution in [0.2, 0.25) is 5.02 Å². The summed E-state index contributed by atoms with van der Waals surface area (Å²) in [6.07, 6.45) is 3.02. The fourth-order valence-electron chi connectivity index (χ4n) is 3.40. The van der Waals surface area contributed by atoms with Crippen LogP contribution in [0.4, 0.5) is 5.69 Å². The summed E-state index contributed by atoms with van der Waals surface area (Å²) >= 11 is 6.16. The zero-order chi connectivity index (χ0) is 14.8. The molecule has 1 unspecified atom stereocenters. The molecule has 8 heteroatoms. The number of sulfonamides is 1. The number of nitrogens with zero attached hydrogens (tertiary/aromatic N) is 2. The number of benzene rings is 1. The van der Waals surface area contributed by atoms with Gasteiger partial charge >= 0.3 is 0 Å². The van der Waals surface area contributed by atoms with Crippen LogP contribution in [0.5, 0.6) is 0 Å². The number of piperidine rings is 1. The van der Waals surface area contributed by atoms with Gasteiger partial charge in [0.05, 0.1) is 18.0 Å². The van der Waals surface area contributed by atoms with Gasteiger partial charge in [-0.25, -0.2) is 13.1 Å². The van der Waals surface area contributed by atoms with Crippen molar-refractivity contribution in [3.05, 3.63) is 23.4 Å². The zero-order valence-corrected chi connectivity index (χ0v) is 12.9. The average molecular weight is 327 g/mol. The monoisotopic (exact) mass is 326 g/mol. The first-order chi connectivity index (χ1) is 9.92. The highest BCUT2D eigenvalue weighted by atomic mass is 35.5. The number of nitrogens with one attached hydrogen (secondary N) is 2. The smallest absolute Gasteiger partial charge is 0.208 e. The summed E-state index contributed by atoms with van der Waals surface area (Å²) in [6.45, 7) is 1.69. The van der Waals surface area contributed by atoms with Gasteiger partial charge in [0.25, 0.3) is 0 Å². The third-order valence-electron chi connectivity index (χ3n) is 4.39. The van der Waals surface area contributed by atoms with Crippen LogP contribution in [-0.2, 0) is 10.0 Å². The van der Waals surface area contributed by atoms with E-state index in [9.17, 15) is 8.42 Å². The quantitative estimate of drug-likeness (QED) is 0.888. The number of hydrogen-bond donors (Lipinski definition) is 2. The number of rotatable bonds is 3. The summed E-state index contributed by atoms with van der Waals surface area (Å²) in [4.78, 5) is 2.26. The van der Waals surface area contributed by atoms with E-state index in [1.807, 2.05) is 12.1 Å². The minimum atomic E-state index is -3.12. The molecule has 0 amide bonds. The van der Waals surface area contributed by atoms with E-state index in [-0.39, 0.29) is 6.04 Å². The van der Waals surface area contributed by atoms with Crippen molar-refractivity contribution in [1.29, 1.82) is 0 Å². The van der Waals surface area contributed by atoms with Gasteiger partial charge in [-0.3, -0.25) is 5.10 Å². The molecule has 3 atom stereocenters. The molecule has 1 saturated heterocycles. The van der Waals surface area contributed by atoms with E-state index in [2.05, 4.69) is 19.8 Å². The van der Waals surface area contributed by atoms with Gasteiger partial charge in [0.2, 0.25) is 10.0 Å². The summed E-state index contributed by atoms with van der Waals surface area (Å²) in [5.41, 5.74) is 1.99. The van der Waals surface area contributed by atoms with E-state index in [1.54, 1.807) is 6.20 Å². The normalized spacial score (nSPS) is 28.1. The highest BCUT2D eigenvalue weighted by molar-refractivity contribution is 7.88. The number of fused-ring (bicyclic) bond motifs is 2. The molecule has 1 aromatic carbocycles. The molecule has 2 N–H and O–H groups in total. The second-order valence-corrected chi connectivity index (χ2v) is 8.12. The molecule has 1 aliphatic carbocycles. The number of H-pyrrole nitrogens is 1. The Kier molecular flexibility index (Phi) is 2.76. The van der Waals surface area contributed by atoms with Gasteiger partial charge in [0, 0.05) is 35.2 Å². The van der Waals surface area contributed by atoms with Crippen LogP contribution in [0.1, 0.15) is 0 Å². The summed E-state index contributed by atoms with van der Waals surface area (Å²) in [7, 11) is -3.12. The topological polar surface area (TPSA) is 78.1 Å². The molecule has 4 rings (SSSR count). The van der Waals surface area contributed by atoms with Crippen LogP contribution >= 0.6 is 11.6 Å². The summed E-state index contributed by atoms with van der Waals surface area (Å²) in [5, 5.41) is 8.72. The van der Waals surface area contributed by atoms with Crippen molar-refractivity contribution in [2.24, 2.45) is 11.8 Å². The molecule has 112 valence electrons. The first-order valence-electron chi connectivity index (χ1n) is 6.77. The van der Waals surface area contributed by atoms with Crippen molar-refractivity contribution in [2.75, 3.05) is 24.2 Å². The molecule has 6 nitrogen and oxygen atoms in total. The summed E-state index contributed by atoms with van der Waals surface area (Å²) in [6, 6.07) is 3.90. The Labute approximate surface area is 127 Å². The van der Waals surface area contributed by atoms with Crippen molar-refractivity contribution in [2.45, 2.75) is 6.04 Å². The molecule has 0 bridgehead atoms. The van der Waals surface area contributed by atoms with E-state index in [0.717, 1.165) is 29.7 Å². The Balaban J connectivity index is 1.57. The molecule has 2 aromatic rings. The number of hydrogen-bond acceptors (Lipinski definition) is 4. The van der Waals surface area contributed by atoms with Gasteiger partial charge in [-0.05, 0) is 24.0 Å². The first-order valence-corrected chi connectivity index (χ1v) is 9.04. The SMILES string of the molecule is CS(=O)(=O)NC1[C@H]2CN(c3cc(Cl)cc4[nH]ncc34)C[C@@H]12. The Morgan fingerprint density at radius 3 is 2.76 bits per heavy atom. The largest absolute Gasteiger partial charge is 0.370 e. The second-order valence-electron chi connectivity index (χ2n) is 5.90. The van der Waals surface area contributed by atoms with Gasteiger partial charge in [-0.15, -0.1) is 0 Å². The third kappa shape index (κ3) is 2.29. The molecule has 0 spiro atoms. The van der Waals surface area contributed by atoms with Gasteiger partial charge in [0.1, 0.15) is 0 Å². The highest BCUT2D eigenvalue weighted by Crippen LogP contribution is 2.48. The van der Waals surface area contributed by atoms with E-state index < -0.39 is 10.0 Å². The van der Waals surface area contributed by atoms with Crippen molar-refractivity contribution >= 4 is 38.2 Å². The van der Waals surface area contributed by atoms with Gasteiger partial charge in [-0.1, -0.05) is 11.6 Å². The molecule has 2 heterocycles. The third-order valence-corrected chi connectivity index (χ3v) is 5.30. The lowest BCUT2D eigenvalue weighted by Crippen LogP contribution is -2.34. The van der Waals surface area contributed by atoms with Crippen LogP contribution in [0, 0.1) is 11.8 Å². The van der Waals surface area contributed by atoms with Gasteiger partial charge in [-0.2, -0.15) is 5.10 Å². The minimum absolute atomic E-state index is 0.0928. The van der Waals surface area contributed by atoms with Crippen LogP contribution < -0.4 is 9.62 Å². The van der Waals surface area contributed by atoms with E-state index in [1.165, 1.54) is 6.26 Å². The molecule has 1 aliphatic heterocycles. The maximum absolute atomic E-state index is 11.3. The predicted molar refractivity (Wildman–Crippen MR) is 82.1 cm³/mol. The van der Waals surface area contributed by atoms with Crippen LogP contribution in [-0.4, -0.2) is 44.0 Å². The van der Waals surface area contributed by atoms with Crippen LogP contribution in [0.3, 0.4) is 0 Å². The zero-order valence-electron chi connectivity index (χ0n) is 11.4. The molecule has 1 saturated carbocycles. The first kappa shape index (κ1) is 13.4. The number of aromatic amines is 1. The lowest BCUT2D eigenvalue weighted by Gasteiger charge is -2.23. The summed E-state index contributed by atoms with van der Waals surface area (Å²) in [5.74, 6) is 0.779. The Morgan fingerprint density at radius 2 is 2.10 bits per heavy atom. The highest BCUT2D eigenvalue weighted by Gasteiger charge is 2.56. The minimum Gasteiger partial charge on any atom is -0.370 e. The second kappa shape index (κ2) is 4.34. The standard InChI is InChI=1S/C13H15ClN4O2S/c1-21(19,20)17-13-9-5-18(6-10(9)13)12-3-7(14)2-11-8(12)4-15-16-11/h2-4,9-10,13,17H,5-6H2,1H3,(H,15,16)/t9-,10+,13?. The van der Waals surface area contributed by atoms with Crippen LogP contribution in [0.15, 0.2) is 18.3 Å². The van der Waals surface area contributed by atoms with Crippen molar-refractivity contribution in [3.8, 4) is 0 Å². The van der Waals surface area contributed by atoms with Crippen molar-refractivity contribution in [1.82, 2.24) is 14.9 Å². The van der Waals surface area contributed by atoms with Crippen LogP contribution in [0.25, 0.3) is 10.9 Å². The fraction of sp³-hybridized carbons (Fsp3) is 0.462. The molecular weight excluding hydrogens is 312 g/mol. The van der Waals surface area contributed by atoms with E-state index in [4.69, 9.17) is 11.6 Å². The van der Waals surface area contributed by atoms with E-state index >= 15 is 0 Å². The predicted octanol–water partition coefficient (Wildman–Crippen LogP) is 1.20.